The molecular formula is C17H29N3O2. The monoisotopic (exact) mass is 307 g/mol. The summed E-state index contributed by atoms with van der Waals surface area (Å²) in [6.45, 7) is 8.63. The normalized spacial score (nSPS) is 12.6. The molecule has 0 radical (unpaired) electrons. The van der Waals surface area contributed by atoms with Gasteiger partial charge in [-0.3, -0.25) is 4.99 Å². The molecule has 22 heavy (non-hydrogen) atoms. The number of guanidine groups is 1. The van der Waals surface area contributed by atoms with E-state index in [0.29, 0.717) is 12.6 Å². The molecule has 0 amide bonds. The van der Waals surface area contributed by atoms with Crippen molar-refractivity contribution in [1.82, 2.24) is 10.6 Å². The lowest BCUT2D eigenvalue weighted by molar-refractivity contribution is 0.312. The number of aliphatic imine (C=N–C) groups is 1. The maximum atomic E-state index is 5.68. The highest BCUT2D eigenvalue weighted by atomic mass is 16.5. The van der Waals surface area contributed by atoms with Gasteiger partial charge in [0, 0.05) is 25.6 Å². The first-order chi connectivity index (χ1) is 10.7. The minimum atomic E-state index is 0.424. The third kappa shape index (κ3) is 7.20. The molecule has 0 saturated heterocycles. The molecule has 1 aromatic rings. The Morgan fingerprint density at radius 3 is 2.45 bits per heavy atom. The molecule has 1 aromatic carbocycles. The van der Waals surface area contributed by atoms with Crippen LogP contribution in [0.5, 0.6) is 11.5 Å². The highest BCUT2D eigenvalue weighted by Crippen LogP contribution is 2.16. The number of hydrogen-bond acceptors (Lipinski definition) is 3. The van der Waals surface area contributed by atoms with E-state index in [4.69, 9.17) is 9.47 Å². The highest BCUT2D eigenvalue weighted by molar-refractivity contribution is 5.79. The molecule has 1 unspecified atom stereocenters. The largest absolute Gasteiger partial charge is 0.497 e. The van der Waals surface area contributed by atoms with Gasteiger partial charge in [0.2, 0.25) is 0 Å². The fourth-order valence-electron chi connectivity index (χ4n) is 1.77. The molecule has 1 atom stereocenters. The Hall–Kier alpha value is -1.91. The van der Waals surface area contributed by atoms with Crippen LogP contribution in [-0.2, 0) is 0 Å². The van der Waals surface area contributed by atoms with E-state index in [1.54, 1.807) is 7.11 Å². The lowest BCUT2D eigenvalue weighted by Gasteiger charge is -2.16. The van der Waals surface area contributed by atoms with Crippen LogP contribution < -0.4 is 20.1 Å². The zero-order valence-electron chi connectivity index (χ0n) is 14.2. The molecule has 124 valence electrons. The van der Waals surface area contributed by atoms with E-state index in [1.807, 2.05) is 24.3 Å². The summed E-state index contributed by atoms with van der Waals surface area (Å²) in [4.78, 5) is 4.55. The zero-order chi connectivity index (χ0) is 16.2. The van der Waals surface area contributed by atoms with E-state index in [9.17, 15) is 0 Å². The van der Waals surface area contributed by atoms with E-state index in [0.717, 1.165) is 43.4 Å². The molecular weight excluding hydrogens is 278 g/mol. The van der Waals surface area contributed by atoms with Crippen LogP contribution in [0.4, 0.5) is 0 Å². The number of benzene rings is 1. The summed E-state index contributed by atoms with van der Waals surface area (Å²) >= 11 is 0. The maximum absolute atomic E-state index is 5.68. The van der Waals surface area contributed by atoms with Gasteiger partial charge in [0.15, 0.2) is 5.96 Å². The van der Waals surface area contributed by atoms with Crippen molar-refractivity contribution < 1.29 is 9.47 Å². The molecule has 0 fully saturated rings. The number of hydrogen-bond donors (Lipinski definition) is 2. The van der Waals surface area contributed by atoms with Crippen LogP contribution in [0.1, 0.15) is 33.6 Å². The van der Waals surface area contributed by atoms with Crippen molar-refractivity contribution in [1.29, 1.82) is 0 Å². The number of rotatable bonds is 9. The quantitative estimate of drug-likeness (QED) is 0.418. The molecule has 0 saturated carbocycles. The van der Waals surface area contributed by atoms with Gasteiger partial charge in [-0.05, 0) is 44.5 Å². The number of methoxy groups -OCH3 is 1. The molecule has 0 aliphatic carbocycles. The lowest BCUT2D eigenvalue weighted by Crippen LogP contribution is -2.42. The van der Waals surface area contributed by atoms with Gasteiger partial charge in [0.1, 0.15) is 11.5 Å². The summed E-state index contributed by atoms with van der Waals surface area (Å²) in [6, 6.07) is 8.04. The van der Waals surface area contributed by atoms with Crippen molar-refractivity contribution in [2.75, 3.05) is 26.8 Å². The Morgan fingerprint density at radius 2 is 1.86 bits per heavy atom. The van der Waals surface area contributed by atoms with Gasteiger partial charge in [-0.1, -0.05) is 6.92 Å². The Balaban J connectivity index is 2.29. The number of ether oxygens (including phenoxy) is 2. The van der Waals surface area contributed by atoms with Gasteiger partial charge >= 0.3 is 0 Å². The van der Waals surface area contributed by atoms with Crippen LogP contribution in [0.3, 0.4) is 0 Å². The average Bonchev–Trinajstić information content (AvgIpc) is 2.55. The number of nitrogens with zero attached hydrogens (tertiary/aromatic N) is 1. The molecule has 0 bridgehead atoms. The van der Waals surface area contributed by atoms with Gasteiger partial charge in [-0.2, -0.15) is 0 Å². The van der Waals surface area contributed by atoms with Crippen molar-refractivity contribution in [3.05, 3.63) is 24.3 Å². The van der Waals surface area contributed by atoms with E-state index in [2.05, 4.69) is 36.4 Å². The van der Waals surface area contributed by atoms with E-state index in [1.165, 1.54) is 0 Å². The average molecular weight is 307 g/mol. The molecule has 5 nitrogen and oxygen atoms in total. The van der Waals surface area contributed by atoms with Crippen molar-refractivity contribution in [2.45, 2.75) is 39.7 Å². The SMILES string of the molecule is CCNC(=NCCCOc1ccc(OC)cc1)NC(C)CC. The fraction of sp³-hybridized carbons (Fsp3) is 0.588. The van der Waals surface area contributed by atoms with Crippen molar-refractivity contribution >= 4 is 5.96 Å². The van der Waals surface area contributed by atoms with Crippen LogP contribution in [0.2, 0.25) is 0 Å². The Morgan fingerprint density at radius 1 is 1.18 bits per heavy atom. The third-order valence-corrected chi connectivity index (χ3v) is 3.24. The van der Waals surface area contributed by atoms with Crippen LogP contribution >= 0.6 is 0 Å². The zero-order valence-corrected chi connectivity index (χ0v) is 14.2. The highest BCUT2D eigenvalue weighted by Gasteiger charge is 2.02. The Kier molecular flexibility index (Phi) is 8.88. The van der Waals surface area contributed by atoms with Crippen molar-refractivity contribution in [3.8, 4) is 11.5 Å². The third-order valence-electron chi connectivity index (χ3n) is 3.24. The molecule has 0 aliphatic heterocycles. The van der Waals surface area contributed by atoms with E-state index < -0.39 is 0 Å². The Bertz CT molecular complexity index is 432. The van der Waals surface area contributed by atoms with Crippen LogP contribution in [-0.4, -0.2) is 38.8 Å². The van der Waals surface area contributed by atoms with Gasteiger partial charge in [-0.15, -0.1) is 0 Å². The van der Waals surface area contributed by atoms with Crippen LogP contribution in [0.15, 0.2) is 29.3 Å². The molecule has 0 heterocycles. The predicted octanol–water partition coefficient (Wildman–Crippen LogP) is 2.82. The molecule has 0 aliphatic rings. The molecule has 1 rings (SSSR count). The van der Waals surface area contributed by atoms with Gasteiger partial charge in [-0.25, -0.2) is 0 Å². The first-order valence-corrected chi connectivity index (χ1v) is 8.01. The topological polar surface area (TPSA) is 54.9 Å². The van der Waals surface area contributed by atoms with Gasteiger partial charge < -0.3 is 20.1 Å². The lowest BCUT2D eigenvalue weighted by atomic mass is 10.3. The smallest absolute Gasteiger partial charge is 0.191 e. The van der Waals surface area contributed by atoms with E-state index >= 15 is 0 Å². The van der Waals surface area contributed by atoms with Gasteiger partial charge in [0.25, 0.3) is 0 Å². The van der Waals surface area contributed by atoms with Crippen LogP contribution in [0, 0.1) is 0 Å². The van der Waals surface area contributed by atoms with Crippen molar-refractivity contribution in [2.24, 2.45) is 4.99 Å². The summed E-state index contributed by atoms with van der Waals surface area (Å²) in [5.74, 6) is 2.57. The second-order valence-corrected chi connectivity index (χ2v) is 5.09. The van der Waals surface area contributed by atoms with Crippen LogP contribution in [0.25, 0.3) is 0 Å². The second-order valence-electron chi connectivity index (χ2n) is 5.09. The Labute approximate surface area is 134 Å². The van der Waals surface area contributed by atoms with Gasteiger partial charge in [0.05, 0.1) is 13.7 Å². The summed E-state index contributed by atoms with van der Waals surface area (Å²) < 4.78 is 10.8. The van der Waals surface area contributed by atoms with E-state index in [-0.39, 0.29) is 0 Å². The number of nitrogens with one attached hydrogen (secondary N) is 2. The fourth-order valence-corrected chi connectivity index (χ4v) is 1.77. The summed E-state index contributed by atoms with van der Waals surface area (Å²) in [6.07, 6.45) is 1.95. The first kappa shape index (κ1) is 18.1. The second kappa shape index (κ2) is 10.8. The minimum Gasteiger partial charge on any atom is -0.497 e. The summed E-state index contributed by atoms with van der Waals surface area (Å²) in [7, 11) is 1.66. The summed E-state index contributed by atoms with van der Waals surface area (Å²) in [5, 5.41) is 6.63. The van der Waals surface area contributed by atoms with Crippen molar-refractivity contribution in [3.63, 3.8) is 0 Å². The maximum Gasteiger partial charge on any atom is 0.191 e. The molecule has 0 aromatic heterocycles. The molecule has 2 N–H and O–H groups in total. The minimum absolute atomic E-state index is 0.424. The molecule has 5 heteroatoms. The first-order valence-electron chi connectivity index (χ1n) is 8.01. The standard InChI is InChI=1S/C17H29N3O2/c1-5-14(3)20-17(18-6-2)19-12-7-13-22-16-10-8-15(21-4)9-11-16/h8-11,14H,5-7,12-13H2,1-4H3,(H2,18,19,20). The molecule has 0 spiro atoms. The predicted molar refractivity (Wildman–Crippen MR) is 92.0 cm³/mol. The summed E-state index contributed by atoms with van der Waals surface area (Å²) in [5.41, 5.74) is 0.